The highest BCUT2D eigenvalue weighted by Crippen LogP contribution is 2.46. The van der Waals surface area contributed by atoms with Crippen LogP contribution in [-0.4, -0.2) is 9.55 Å². The Bertz CT molecular complexity index is 1930. The van der Waals surface area contributed by atoms with Gasteiger partial charge in [-0.25, -0.2) is 4.98 Å². The zero-order valence-electron chi connectivity index (χ0n) is 23.0. The normalized spacial score (nSPS) is 12.6. The summed E-state index contributed by atoms with van der Waals surface area (Å²) in [6, 6.07) is 57.2. The van der Waals surface area contributed by atoms with Gasteiger partial charge < -0.3 is 0 Å². The van der Waals surface area contributed by atoms with Gasteiger partial charge in [0.1, 0.15) is 0 Å². The van der Waals surface area contributed by atoms with Gasteiger partial charge in [-0.15, -0.1) is 0 Å². The topological polar surface area (TPSA) is 17.8 Å². The number of thioether (sulfide) groups is 1. The summed E-state index contributed by atoms with van der Waals surface area (Å²) in [6.45, 7) is 0. The highest BCUT2D eigenvalue weighted by molar-refractivity contribution is 7.98. The molecule has 6 aromatic carbocycles. The first-order chi connectivity index (χ1) is 20.8. The molecule has 0 N–H and O–H groups in total. The second-order valence-corrected chi connectivity index (χ2v) is 11.7. The number of rotatable bonds is 5. The summed E-state index contributed by atoms with van der Waals surface area (Å²) in [5.41, 5.74) is 11.7. The summed E-state index contributed by atoms with van der Waals surface area (Å²) in [6.07, 6.45) is 0. The summed E-state index contributed by atoms with van der Waals surface area (Å²) in [4.78, 5) is 4.93. The highest BCUT2D eigenvalue weighted by Gasteiger charge is 2.38. The molecule has 42 heavy (non-hydrogen) atoms. The maximum atomic E-state index is 4.93. The van der Waals surface area contributed by atoms with E-state index in [1.54, 1.807) is 0 Å². The molecule has 2 nitrogen and oxygen atoms in total. The Morgan fingerprint density at radius 2 is 1.10 bits per heavy atom. The molecule has 0 saturated carbocycles. The van der Waals surface area contributed by atoms with Crippen LogP contribution in [0.25, 0.3) is 27.8 Å². The van der Waals surface area contributed by atoms with Crippen molar-refractivity contribution in [3.05, 3.63) is 186 Å². The van der Waals surface area contributed by atoms with Crippen molar-refractivity contribution in [2.75, 3.05) is 0 Å². The Kier molecular flexibility index (Phi) is 6.05. The molecule has 0 unspecified atom stereocenters. The Morgan fingerprint density at radius 1 is 0.524 bits per heavy atom. The quantitative estimate of drug-likeness (QED) is 0.196. The fraction of sp³-hybridized carbons (Fsp3) is 0.0513. The Hall–Kier alpha value is -4.86. The minimum atomic E-state index is -0.474. The lowest BCUT2D eigenvalue weighted by Crippen LogP contribution is -2.31. The maximum Gasteiger partial charge on any atom is 0.174 e. The van der Waals surface area contributed by atoms with E-state index in [0.29, 0.717) is 0 Å². The van der Waals surface area contributed by atoms with Gasteiger partial charge in [0.05, 0.1) is 22.1 Å². The number of hydrogen-bond acceptors (Lipinski definition) is 2. The predicted octanol–water partition coefficient (Wildman–Crippen LogP) is 9.68. The monoisotopic (exact) mass is 556 g/mol. The van der Waals surface area contributed by atoms with Crippen molar-refractivity contribution in [2.24, 2.45) is 0 Å². The van der Waals surface area contributed by atoms with Crippen LogP contribution in [0.5, 0.6) is 0 Å². The number of para-hydroxylation sites is 2. The van der Waals surface area contributed by atoms with Crippen molar-refractivity contribution in [2.45, 2.75) is 16.3 Å². The molecule has 8 rings (SSSR count). The van der Waals surface area contributed by atoms with Gasteiger partial charge >= 0.3 is 0 Å². The largest absolute Gasteiger partial charge is 0.287 e. The van der Waals surface area contributed by atoms with Crippen molar-refractivity contribution < 1.29 is 0 Å². The molecule has 0 saturated heterocycles. The van der Waals surface area contributed by atoms with Gasteiger partial charge in [0.15, 0.2) is 5.16 Å². The number of nitrogens with zero attached hydrogens (tertiary/aromatic N) is 2. The van der Waals surface area contributed by atoms with Gasteiger partial charge in [0.25, 0.3) is 0 Å². The first-order valence-electron chi connectivity index (χ1n) is 14.3. The van der Waals surface area contributed by atoms with Crippen LogP contribution in [0.3, 0.4) is 0 Å². The van der Waals surface area contributed by atoms with E-state index in [1.807, 2.05) is 11.8 Å². The highest BCUT2D eigenvalue weighted by atomic mass is 32.2. The number of benzene rings is 6. The summed E-state index contributed by atoms with van der Waals surface area (Å²) in [5, 5.41) is 1.06. The van der Waals surface area contributed by atoms with Gasteiger partial charge in [-0.3, -0.25) is 4.57 Å². The molecule has 1 aromatic heterocycles. The van der Waals surface area contributed by atoms with E-state index in [1.165, 1.54) is 44.6 Å². The zero-order chi connectivity index (χ0) is 27.9. The molecule has 0 fully saturated rings. The number of fused-ring (bicyclic) bond motifs is 5. The van der Waals surface area contributed by atoms with E-state index in [0.717, 1.165) is 21.9 Å². The Morgan fingerprint density at radius 3 is 1.76 bits per heavy atom. The van der Waals surface area contributed by atoms with Gasteiger partial charge in [-0.2, -0.15) is 0 Å². The smallest absolute Gasteiger partial charge is 0.174 e. The molecule has 1 aliphatic rings. The van der Waals surface area contributed by atoms with Crippen LogP contribution in [0, 0.1) is 0 Å². The van der Waals surface area contributed by atoms with Crippen molar-refractivity contribution in [3.8, 4) is 16.8 Å². The molecular weight excluding hydrogens is 529 g/mol. The van der Waals surface area contributed by atoms with Gasteiger partial charge in [0.2, 0.25) is 0 Å². The van der Waals surface area contributed by atoms with Crippen molar-refractivity contribution >= 4 is 22.8 Å². The van der Waals surface area contributed by atoms with Crippen molar-refractivity contribution in [1.82, 2.24) is 9.55 Å². The van der Waals surface area contributed by atoms with E-state index < -0.39 is 5.41 Å². The molecule has 0 amide bonds. The Balaban J connectivity index is 1.35. The van der Waals surface area contributed by atoms with E-state index in [2.05, 4.69) is 162 Å². The molecule has 0 atom stereocenters. The van der Waals surface area contributed by atoms with Gasteiger partial charge in [0, 0.05) is 5.75 Å². The summed E-state index contributed by atoms with van der Waals surface area (Å²) >= 11 is 1.81. The van der Waals surface area contributed by atoms with Crippen LogP contribution in [0.1, 0.15) is 27.8 Å². The second kappa shape index (κ2) is 10.2. The van der Waals surface area contributed by atoms with Crippen LogP contribution in [-0.2, 0) is 11.2 Å². The van der Waals surface area contributed by atoms with Gasteiger partial charge in [-0.05, 0) is 63.2 Å². The molecule has 200 valence electrons. The average Bonchev–Trinajstić information content (AvgIpc) is 3.46. The van der Waals surface area contributed by atoms with Crippen molar-refractivity contribution in [1.29, 1.82) is 0 Å². The van der Waals surface area contributed by atoms with Crippen LogP contribution >= 0.6 is 11.8 Å². The summed E-state index contributed by atoms with van der Waals surface area (Å²) in [5.74, 6) is 0.929. The third-order valence-corrected chi connectivity index (χ3v) is 9.45. The minimum Gasteiger partial charge on any atom is -0.287 e. The van der Waals surface area contributed by atoms with Crippen LogP contribution in [0.4, 0.5) is 0 Å². The molecule has 2 heterocycles. The van der Waals surface area contributed by atoms with Crippen LogP contribution < -0.4 is 0 Å². The molecule has 3 heteroatoms. The van der Waals surface area contributed by atoms with E-state index in [-0.39, 0.29) is 0 Å². The predicted molar refractivity (Wildman–Crippen MR) is 174 cm³/mol. The number of hydrogen-bond donors (Lipinski definition) is 0. The molecule has 0 radical (unpaired) electrons. The second-order valence-electron chi connectivity index (χ2n) is 10.8. The summed E-state index contributed by atoms with van der Waals surface area (Å²) < 4.78 is 2.33. The molecule has 0 spiro atoms. The van der Waals surface area contributed by atoms with Crippen LogP contribution in [0.2, 0.25) is 0 Å². The zero-order valence-corrected chi connectivity index (χ0v) is 23.8. The van der Waals surface area contributed by atoms with Crippen molar-refractivity contribution in [3.63, 3.8) is 0 Å². The van der Waals surface area contributed by atoms with E-state index in [4.69, 9.17) is 4.98 Å². The maximum absolute atomic E-state index is 4.93. The lowest BCUT2D eigenvalue weighted by molar-refractivity contribution is 0.745. The fourth-order valence-corrected chi connectivity index (χ4v) is 7.56. The van der Waals surface area contributed by atoms with Crippen LogP contribution in [0.15, 0.2) is 163 Å². The number of imidazole rings is 1. The lowest BCUT2D eigenvalue weighted by Gasteiger charge is -2.37. The third-order valence-electron chi connectivity index (χ3n) is 8.46. The minimum absolute atomic E-state index is 0.474. The summed E-state index contributed by atoms with van der Waals surface area (Å²) in [7, 11) is 0. The first kappa shape index (κ1) is 24.9. The molecular formula is C39H28N2S. The lowest BCUT2D eigenvalue weighted by atomic mass is 9.65. The average molecular weight is 557 g/mol. The molecule has 7 aromatic rings. The standard InChI is InChI=1S/C39H28N2S/c1-4-14-31(15-5-1)39(32-16-6-2-7-17-32,33-18-8-3-9-19-33)34-20-12-13-28(25-34)29-23-24-30-27-42-38-40-35-21-10-11-22-36(35)41(38)37(30)26-29/h1-26H,27H2. The molecule has 0 aliphatic carbocycles. The fourth-order valence-electron chi connectivity index (χ4n) is 6.55. The van der Waals surface area contributed by atoms with E-state index >= 15 is 0 Å². The molecule has 1 aliphatic heterocycles. The van der Waals surface area contributed by atoms with Gasteiger partial charge in [-0.1, -0.05) is 145 Å². The third kappa shape index (κ3) is 3.93. The Labute approximate surface area is 250 Å². The van der Waals surface area contributed by atoms with E-state index in [9.17, 15) is 0 Å². The number of aromatic nitrogens is 2. The SMILES string of the molecule is c1ccc(C(c2ccccc2)(c2ccccc2)c2cccc(-c3ccc4c(c3)-n3c(nc5ccccc53)SC4)c2)cc1. The first-order valence-corrected chi connectivity index (χ1v) is 15.3. The molecule has 0 bridgehead atoms.